The van der Waals surface area contributed by atoms with Crippen LogP contribution in [-0.2, 0) is 0 Å². The Hall–Kier alpha value is -0.770. The van der Waals surface area contributed by atoms with Gasteiger partial charge in [0, 0.05) is 24.7 Å². The van der Waals surface area contributed by atoms with Crippen molar-refractivity contribution in [3.8, 4) is 0 Å². The molecule has 1 atom stereocenters. The van der Waals surface area contributed by atoms with Crippen molar-refractivity contribution < 1.29 is 4.79 Å². The standard InChI is InChI=1S/C12H27N3O/c1-7-10(2)15(6)9-8-13-11(16)14-12(3,4)5/h10H,7-9H2,1-6H3,(H2,13,14,16). The summed E-state index contributed by atoms with van der Waals surface area (Å²) in [7, 11) is 2.08. The van der Waals surface area contributed by atoms with Gasteiger partial charge in [0.25, 0.3) is 0 Å². The highest BCUT2D eigenvalue weighted by molar-refractivity contribution is 5.74. The van der Waals surface area contributed by atoms with Crippen LogP contribution >= 0.6 is 0 Å². The molecular weight excluding hydrogens is 202 g/mol. The molecule has 0 aromatic rings. The van der Waals surface area contributed by atoms with Crippen LogP contribution in [0, 0.1) is 0 Å². The van der Waals surface area contributed by atoms with Crippen LogP contribution < -0.4 is 10.6 Å². The van der Waals surface area contributed by atoms with Crippen LogP contribution in [0.1, 0.15) is 41.0 Å². The average molecular weight is 229 g/mol. The summed E-state index contributed by atoms with van der Waals surface area (Å²) >= 11 is 0. The van der Waals surface area contributed by atoms with Crippen molar-refractivity contribution in [1.29, 1.82) is 0 Å². The van der Waals surface area contributed by atoms with Crippen LogP contribution in [0.2, 0.25) is 0 Å². The van der Waals surface area contributed by atoms with Crippen LogP contribution in [0.3, 0.4) is 0 Å². The summed E-state index contributed by atoms with van der Waals surface area (Å²) in [6, 6.07) is 0.470. The molecule has 1 unspecified atom stereocenters. The zero-order valence-electron chi connectivity index (χ0n) is 11.6. The lowest BCUT2D eigenvalue weighted by Crippen LogP contribution is -2.48. The predicted octanol–water partition coefficient (Wildman–Crippen LogP) is 1.81. The lowest BCUT2D eigenvalue weighted by Gasteiger charge is -2.24. The fourth-order valence-electron chi connectivity index (χ4n) is 1.26. The van der Waals surface area contributed by atoms with E-state index in [0.717, 1.165) is 13.0 Å². The molecule has 0 rings (SSSR count). The van der Waals surface area contributed by atoms with Crippen LogP contribution in [0.15, 0.2) is 0 Å². The van der Waals surface area contributed by atoms with Crippen molar-refractivity contribution >= 4 is 6.03 Å². The second kappa shape index (κ2) is 6.74. The lowest BCUT2D eigenvalue weighted by atomic mass is 10.1. The van der Waals surface area contributed by atoms with E-state index in [1.165, 1.54) is 0 Å². The fraction of sp³-hybridized carbons (Fsp3) is 0.917. The van der Waals surface area contributed by atoms with Gasteiger partial charge < -0.3 is 15.5 Å². The van der Waals surface area contributed by atoms with E-state index < -0.39 is 0 Å². The van der Waals surface area contributed by atoms with Crippen molar-refractivity contribution in [2.45, 2.75) is 52.6 Å². The fourth-order valence-corrected chi connectivity index (χ4v) is 1.26. The highest BCUT2D eigenvalue weighted by Crippen LogP contribution is 1.99. The van der Waals surface area contributed by atoms with Gasteiger partial charge in [0.1, 0.15) is 0 Å². The van der Waals surface area contributed by atoms with Gasteiger partial charge in [-0.2, -0.15) is 0 Å². The van der Waals surface area contributed by atoms with E-state index in [1.54, 1.807) is 0 Å². The number of urea groups is 1. The molecule has 0 aromatic carbocycles. The summed E-state index contributed by atoms with van der Waals surface area (Å²) < 4.78 is 0. The van der Waals surface area contributed by atoms with Crippen LogP contribution in [0.5, 0.6) is 0 Å². The number of carbonyl (C=O) groups excluding carboxylic acids is 1. The smallest absolute Gasteiger partial charge is 0.315 e. The molecule has 2 amide bonds. The summed E-state index contributed by atoms with van der Waals surface area (Å²) in [5.74, 6) is 0. The Morgan fingerprint density at radius 3 is 2.38 bits per heavy atom. The molecule has 0 fully saturated rings. The Kier molecular flexibility index (Phi) is 6.41. The van der Waals surface area contributed by atoms with E-state index in [4.69, 9.17) is 0 Å². The van der Waals surface area contributed by atoms with E-state index in [1.807, 2.05) is 20.8 Å². The second-order valence-electron chi connectivity index (χ2n) is 5.37. The first-order valence-electron chi connectivity index (χ1n) is 6.02. The third-order valence-electron chi connectivity index (χ3n) is 2.58. The Bertz CT molecular complexity index is 211. The van der Waals surface area contributed by atoms with Crippen LogP contribution in [-0.4, -0.2) is 42.6 Å². The van der Waals surface area contributed by atoms with Crippen molar-refractivity contribution in [3.05, 3.63) is 0 Å². The molecule has 0 aliphatic heterocycles. The number of nitrogens with zero attached hydrogens (tertiary/aromatic N) is 1. The molecular formula is C12H27N3O. The van der Waals surface area contributed by atoms with E-state index in [9.17, 15) is 4.79 Å². The Morgan fingerprint density at radius 2 is 1.94 bits per heavy atom. The average Bonchev–Trinajstić information content (AvgIpc) is 2.13. The minimum absolute atomic E-state index is 0.0925. The van der Waals surface area contributed by atoms with Gasteiger partial charge in [0.15, 0.2) is 0 Å². The van der Waals surface area contributed by atoms with E-state index in [0.29, 0.717) is 12.6 Å². The number of hydrogen-bond donors (Lipinski definition) is 2. The van der Waals surface area contributed by atoms with Gasteiger partial charge in [-0.25, -0.2) is 4.79 Å². The molecule has 2 N–H and O–H groups in total. The minimum atomic E-state index is -0.174. The molecule has 96 valence electrons. The third kappa shape index (κ3) is 7.51. The zero-order valence-corrected chi connectivity index (χ0v) is 11.6. The molecule has 0 aliphatic rings. The summed E-state index contributed by atoms with van der Waals surface area (Å²) in [6.45, 7) is 11.8. The van der Waals surface area contributed by atoms with Gasteiger partial charge in [-0.1, -0.05) is 6.92 Å². The molecule has 0 heterocycles. The zero-order chi connectivity index (χ0) is 12.8. The van der Waals surface area contributed by atoms with Gasteiger partial charge in [-0.3, -0.25) is 0 Å². The summed E-state index contributed by atoms with van der Waals surface area (Å²) in [6.07, 6.45) is 1.13. The number of nitrogens with one attached hydrogen (secondary N) is 2. The van der Waals surface area contributed by atoms with Gasteiger partial charge >= 0.3 is 6.03 Å². The first-order valence-corrected chi connectivity index (χ1v) is 6.02. The normalized spacial score (nSPS) is 13.7. The maximum atomic E-state index is 11.4. The number of hydrogen-bond acceptors (Lipinski definition) is 2. The maximum absolute atomic E-state index is 11.4. The van der Waals surface area contributed by atoms with E-state index >= 15 is 0 Å². The summed E-state index contributed by atoms with van der Waals surface area (Å²) in [5.41, 5.74) is -0.174. The summed E-state index contributed by atoms with van der Waals surface area (Å²) in [5, 5.41) is 5.72. The number of amides is 2. The van der Waals surface area contributed by atoms with Crippen molar-refractivity contribution in [3.63, 3.8) is 0 Å². The Morgan fingerprint density at radius 1 is 1.38 bits per heavy atom. The molecule has 0 saturated heterocycles. The van der Waals surface area contributed by atoms with Crippen molar-refractivity contribution in [1.82, 2.24) is 15.5 Å². The quantitative estimate of drug-likeness (QED) is 0.755. The Labute approximate surface area is 99.8 Å². The predicted molar refractivity (Wildman–Crippen MR) is 68.7 cm³/mol. The molecule has 4 heteroatoms. The first kappa shape index (κ1) is 15.2. The summed E-state index contributed by atoms with van der Waals surface area (Å²) in [4.78, 5) is 13.7. The lowest BCUT2D eigenvalue weighted by molar-refractivity contribution is 0.223. The number of likely N-dealkylation sites (N-methyl/N-ethyl adjacent to an activating group) is 1. The van der Waals surface area contributed by atoms with Crippen LogP contribution in [0.25, 0.3) is 0 Å². The monoisotopic (exact) mass is 229 g/mol. The first-order chi connectivity index (χ1) is 7.26. The third-order valence-corrected chi connectivity index (χ3v) is 2.58. The van der Waals surface area contributed by atoms with Crippen molar-refractivity contribution in [2.24, 2.45) is 0 Å². The van der Waals surface area contributed by atoms with Gasteiger partial charge in [-0.05, 0) is 41.2 Å². The highest BCUT2D eigenvalue weighted by atomic mass is 16.2. The molecule has 0 aliphatic carbocycles. The van der Waals surface area contributed by atoms with Gasteiger partial charge in [0.2, 0.25) is 0 Å². The van der Waals surface area contributed by atoms with E-state index in [2.05, 4.69) is 36.4 Å². The van der Waals surface area contributed by atoms with Crippen molar-refractivity contribution in [2.75, 3.05) is 20.1 Å². The maximum Gasteiger partial charge on any atom is 0.315 e. The molecule has 0 aromatic heterocycles. The van der Waals surface area contributed by atoms with Crippen LogP contribution in [0.4, 0.5) is 4.79 Å². The molecule has 4 nitrogen and oxygen atoms in total. The van der Waals surface area contributed by atoms with Gasteiger partial charge in [-0.15, -0.1) is 0 Å². The second-order valence-corrected chi connectivity index (χ2v) is 5.37. The van der Waals surface area contributed by atoms with E-state index in [-0.39, 0.29) is 11.6 Å². The molecule has 0 bridgehead atoms. The largest absolute Gasteiger partial charge is 0.337 e. The SMILES string of the molecule is CCC(C)N(C)CCNC(=O)NC(C)(C)C. The highest BCUT2D eigenvalue weighted by Gasteiger charge is 2.13. The topological polar surface area (TPSA) is 44.4 Å². The van der Waals surface area contributed by atoms with Gasteiger partial charge in [0.05, 0.1) is 0 Å². The number of rotatable bonds is 5. The Balaban J connectivity index is 3.70. The molecule has 0 spiro atoms. The molecule has 0 radical (unpaired) electrons. The molecule has 0 saturated carbocycles. The molecule has 16 heavy (non-hydrogen) atoms. The minimum Gasteiger partial charge on any atom is -0.337 e. The number of carbonyl (C=O) groups is 1.